The van der Waals surface area contributed by atoms with Crippen molar-refractivity contribution < 1.29 is 0 Å². The molecule has 0 nitrogen and oxygen atoms in total. The Morgan fingerprint density at radius 2 is 0.722 bits per heavy atom. The maximum absolute atomic E-state index is 2.30. The summed E-state index contributed by atoms with van der Waals surface area (Å²) in [5.74, 6) is 0. The lowest BCUT2D eigenvalue weighted by Crippen LogP contribution is -1.83. The van der Waals surface area contributed by atoms with Crippen LogP contribution in [0.2, 0.25) is 5.28 Å². The summed E-state index contributed by atoms with van der Waals surface area (Å²) in [6, 6.07) is 0. The zero-order chi connectivity index (χ0) is 13.3. The van der Waals surface area contributed by atoms with Gasteiger partial charge in [-0.1, -0.05) is 103 Å². The van der Waals surface area contributed by atoms with Crippen molar-refractivity contribution in [3.63, 3.8) is 0 Å². The van der Waals surface area contributed by atoms with Gasteiger partial charge in [0.1, 0.15) is 0 Å². The minimum Gasteiger partial charge on any atom is -0.101 e. The standard InChI is InChI=1S/C17H35.Al.2H/c1-3-5-7-9-11-13-15-17-16-14-12-10-8-6-4-2;;;/h1,3-17H2,2H3;;;. The Morgan fingerprint density at radius 3 is 1.00 bits per heavy atom. The molecule has 0 bridgehead atoms. The largest absolute Gasteiger partial charge is 0.211 e. The van der Waals surface area contributed by atoms with Crippen LogP contribution in [0.15, 0.2) is 0 Å². The number of unbranched alkanes of at least 4 members (excludes halogenated alkanes) is 14. The molecule has 0 atom stereocenters. The predicted octanol–water partition coefficient (Wildman–Crippen LogP) is 5.91. The van der Waals surface area contributed by atoms with Gasteiger partial charge in [0.15, 0.2) is 0 Å². The normalized spacial score (nSPS) is 10.9. The summed E-state index contributed by atoms with van der Waals surface area (Å²) in [4.78, 5) is 0. The maximum atomic E-state index is 2.30. The van der Waals surface area contributed by atoms with Crippen LogP contribution in [0, 0.1) is 0 Å². The Balaban J connectivity index is 2.86. The van der Waals surface area contributed by atoms with E-state index in [2.05, 4.69) is 6.92 Å². The van der Waals surface area contributed by atoms with Crippen LogP contribution in [-0.2, 0) is 0 Å². The SMILES string of the molecule is CCCCCCCCCCCCCCCC[CH2][AlH2]. The van der Waals surface area contributed by atoms with Crippen molar-refractivity contribution in [3.05, 3.63) is 0 Å². The Morgan fingerprint density at radius 1 is 0.444 bits per heavy atom. The van der Waals surface area contributed by atoms with Gasteiger partial charge in [-0.25, -0.2) is 0 Å². The molecule has 0 aromatic carbocycles. The average molecular weight is 268 g/mol. The zero-order valence-corrected chi connectivity index (χ0v) is 15.3. The summed E-state index contributed by atoms with van der Waals surface area (Å²) in [6.45, 7) is 2.30. The molecule has 0 fully saturated rings. The van der Waals surface area contributed by atoms with Gasteiger partial charge in [0.05, 0.1) is 0 Å². The van der Waals surface area contributed by atoms with E-state index in [1.54, 1.807) is 0 Å². The van der Waals surface area contributed by atoms with Gasteiger partial charge in [-0.3, -0.25) is 0 Å². The molecule has 0 aliphatic carbocycles. The summed E-state index contributed by atoms with van der Waals surface area (Å²) in [6.07, 6.45) is 22.2. The van der Waals surface area contributed by atoms with Gasteiger partial charge in [0.25, 0.3) is 0 Å². The van der Waals surface area contributed by atoms with Crippen molar-refractivity contribution in [1.29, 1.82) is 0 Å². The highest BCUT2D eigenvalue weighted by molar-refractivity contribution is 6.08. The number of hydrogen-bond donors (Lipinski definition) is 0. The smallest absolute Gasteiger partial charge is 0.101 e. The molecule has 0 amide bonds. The number of hydrogen-bond acceptors (Lipinski definition) is 0. The monoisotopic (exact) mass is 268 g/mol. The second-order valence-corrected chi connectivity index (χ2v) is 6.95. The van der Waals surface area contributed by atoms with Gasteiger partial charge in [-0.05, 0) is 0 Å². The molecule has 0 saturated carbocycles. The lowest BCUT2D eigenvalue weighted by Gasteiger charge is -2.03. The Bertz CT molecular complexity index is 118. The summed E-state index contributed by atoms with van der Waals surface area (Å²) in [5.41, 5.74) is 0. The molecule has 0 saturated heterocycles. The fourth-order valence-corrected chi connectivity index (χ4v) is 3.12. The summed E-state index contributed by atoms with van der Waals surface area (Å²) >= 11 is 1.41. The van der Waals surface area contributed by atoms with Crippen LogP contribution in [0.3, 0.4) is 0 Å². The first-order chi connectivity index (χ1) is 8.91. The van der Waals surface area contributed by atoms with Crippen LogP contribution in [-0.4, -0.2) is 16.3 Å². The minimum atomic E-state index is 1.38. The first-order valence-electron chi connectivity index (χ1n) is 8.91. The molecule has 0 radical (unpaired) electrons. The van der Waals surface area contributed by atoms with E-state index in [1.165, 1.54) is 118 Å². The third-order valence-electron chi connectivity index (χ3n) is 3.96. The highest BCUT2D eigenvalue weighted by Gasteiger charge is 1.93. The molecule has 0 heterocycles. The Labute approximate surface area is 125 Å². The van der Waals surface area contributed by atoms with Gasteiger partial charge in [0, 0.05) is 0 Å². The fraction of sp³-hybridized carbons (Fsp3) is 1.00. The molecule has 0 aliphatic heterocycles. The van der Waals surface area contributed by atoms with Crippen molar-refractivity contribution in [2.45, 2.75) is 109 Å². The molecule has 0 N–H and O–H groups in total. The van der Waals surface area contributed by atoms with Gasteiger partial charge >= 0.3 is 0 Å². The molecule has 108 valence electrons. The third kappa shape index (κ3) is 16.5. The van der Waals surface area contributed by atoms with Gasteiger partial charge < -0.3 is 0 Å². The molecular weight excluding hydrogens is 231 g/mol. The van der Waals surface area contributed by atoms with E-state index >= 15 is 0 Å². The van der Waals surface area contributed by atoms with E-state index in [0.29, 0.717) is 0 Å². The van der Waals surface area contributed by atoms with Crippen molar-refractivity contribution in [1.82, 2.24) is 0 Å². The molecule has 1 heteroatoms. The summed E-state index contributed by atoms with van der Waals surface area (Å²) < 4.78 is 0. The van der Waals surface area contributed by atoms with E-state index in [9.17, 15) is 0 Å². The quantitative estimate of drug-likeness (QED) is 0.256. The molecule has 18 heavy (non-hydrogen) atoms. The third-order valence-corrected chi connectivity index (χ3v) is 4.66. The molecular formula is C17H37Al. The highest BCUT2D eigenvalue weighted by Crippen LogP contribution is 2.13. The maximum Gasteiger partial charge on any atom is 0.211 e. The molecule has 0 spiro atoms. The van der Waals surface area contributed by atoms with Crippen molar-refractivity contribution in [3.8, 4) is 0 Å². The van der Waals surface area contributed by atoms with Crippen LogP contribution >= 0.6 is 0 Å². The second kappa shape index (κ2) is 17.5. The molecule has 0 rings (SSSR count). The minimum absolute atomic E-state index is 1.38. The van der Waals surface area contributed by atoms with E-state index < -0.39 is 0 Å². The lowest BCUT2D eigenvalue weighted by atomic mass is 10.0. The van der Waals surface area contributed by atoms with E-state index in [4.69, 9.17) is 0 Å². The lowest BCUT2D eigenvalue weighted by molar-refractivity contribution is 0.534. The van der Waals surface area contributed by atoms with Crippen LogP contribution in [0.25, 0.3) is 0 Å². The van der Waals surface area contributed by atoms with Crippen LogP contribution in [0.1, 0.15) is 103 Å². The first kappa shape index (κ1) is 18.5. The predicted molar refractivity (Wildman–Crippen MR) is 88.3 cm³/mol. The van der Waals surface area contributed by atoms with Gasteiger partial charge in [-0.2, -0.15) is 0 Å². The van der Waals surface area contributed by atoms with Gasteiger partial charge in [0.2, 0.25) is 16.3 Å². The molecule has 0 aromatic heterocycles. The zero-order valence-electron chi connectivity index (χ0n) is 13.3. The topological polar surface area (TPSA) is 0 Å². The van der Waals surface area contributed by atoms with Crippen LogP contribution < -0.4 is 0 Å². The first-order valence-corrected chi connectivity index (χ1v) is 10.3. The number of rotatable bonds is 15. The van der Waals surface area contributed by atoms with E-state index in [1.807, 2.05) is 0 Å². The second-order valence-electron chi connectivity index (χ2n) is 5.95. The van der Waals surface area contributed by atoms with Crippen molar-refractivity contribution in [2.75, 3.05) is 0 Å². The summed E-state index contributed by atoms with van der Waals surface area (Å²) in [5, 5.41) is 1.51. The van der Waals surface area contributed by atoms with Crippen molar-refractivity contribution >= 4 is 16.3 Å². The van der Waals surface area contributed by atoms with Crippen LogP contribution in [0.5, 0.6) is 0 Å². The summed E-state index contributed by atoms with van der Waals surface area (Å²) in [7, 11) is 0. The molecule has 0 aliphatic rings. The van der Waals surface area contributed by atoms with E-state index in [0.717, 1.165) is 0 Å². The Kier molecular flexibility index (Phi) is 18.1. The van der Waals surface area contributed by atoms with E-state index in [-0.39, 0.29) is 0 Å². The van der Waals surface area contributed by atoms with Gasteiger partial charge in [-0.15, -0.1) is 5.28 Å². The molecule has 0 aromatic rings. The molecule has 0 unspecified atom stereocenters. The fourth-order valence-electron chi connectivity index (χ4n) is 2.62. The van der Waals surface area contributed by atoms with Crippen molar-refractivity contribution in [2.24, 2.45) is 0 Å². The highest BCUT2D eigenvalue weighted by atomic mass is 27.0. The van der Waals surface area contributed by atoms with Crippen LogP contribution in [0.4, 0.5) is 0 Å². The Hall–Kier alpha value is 0.532. The average Bonchev–Trinajstić information content (AvgIpc) is 2.39.